The van der Waals surface area contributed by atoms with Crippen molar-refractivity contribution in [2.75, 3.05) is 38.5 Å². The highest BCUT2D eigenvalue weighted by Crippen LogP contribution is 2.34. The van der Waals surface area contributed by atoms with Crippen LogP contribution in [0.3, 0.4) is 0 Å². The van der Waals surface area contributed by atoms with E-state index in [0.717, 1.165) is 41.2 Å². The van der Waals surface area contributed by atoms with Gasteiger partial charge in [0.25, 0.3) is 5.91 Å². The highest BCUT2D eigenvalue weighted by atomic mass is 19.4. The maximum atomic E-state index is 13.9. The van der Waals surface area contributed by atoms with Crippen molar-refractivity contribution in [2.24, 2.45) is 0 Å². The van der Waals surface area contributed by atoms with E-state index in [-0.39, 0.29) is 17.8 Å². The molecular formula is C31H29F3N4O. The van der Waals surface area contributed by atoms with Crippen LogP contribution in [0.4, 0.5) is 18.9 Å². The highest BCUT2D eigenvalue weighted by Gasteiger charge is 2.34. The zero-order valence-electron chi connectivity index (χ0n) is 21.6. The summed E-state index contributed by atoms with van der Waals surface area (Å²) in [6, 6.07) is 20.8. The van der Waals surface area contributed by atoms with Crippen molar-refractivity contribution >= 4 is 34.6 Å². The summed E-state index contributed by atoms with van der Waals surface area (Å²) in [6.45, 7) is 3.30. The number of aromatic nitrogens is 1. The third-order valence-electron chi connectivity index (χ3n) is 6.89. The first-order chi connectivity index (χ1) is 18.7. The Balaban J connectivity index is 1.30. The summed E-state index contributed by atoms with van der Waals surface area (Å²) in [5.41, 5.74) is 2.56. The number of pyridine rings is 1. The molecule has 1 aliphatic rings. The second-order valence-electron chi connectivity index (χ2n) is 9.82. The summed E-state index contributed by atoms with van der Waals surface area (Å²) in [5.74, 6) is -0.474. The predicted molar refractivity (Wildman–Crippen MR) is 149 cm³/mol. The Labute approximate surface area is 225 Å². The molecule has 5 nitrogen and oxygen atoms in total. The van der Waals surface area contributed by atoms with E-state index < -0.39 is 17.6 Å². The van der Waals surface area contributed by atoms with Crippen molar-refractivity contribution in [3.8, 4) is 0 Å². The first-order valence-electron chi connectivity index (χ1n) is 12.8. The van der Waals surface area contributed by atoms with Crippen LogP contribution >= 0.6 is 0 Å². The predicted octanol–water partition coefficient (Wildman–Crippen LogP) is 6.42. The summed E-state index contributed by atoms with van der Waals surface area (Å²) in [6.07, 6.45) is 1.04. The van der Waals surface area contributed by atoms with Gasteiger partial charge in [-0.05, 0) is 60.1 Å². The van der Waals surface area contributed by atoms with Crippen LogP contribution < -0.4 is 5.32 Å². The van der Waals surface area contributed by atoms with Gasteiger partial charge in [0, 0.05) is 55.6 Å². The first kappa shape index (κ1) is 26.6. The number of anilines is 1. The lowest BCUT2D eigenvalue weighted by molar-refractivity contribution is -0.138. The van der Waals surface area contributed by atoms with Gasteiger partial charge >= 0.3 is 6.18 Å². The lowest BCUT2D eigenvalue weighted by Crippen LogP contribution is -2.44. The van der Waals surface area contributed by atoms with E-state index in [9.17, 15) is 18.0 Å². The molecule has 8 heteroatoms. The number of para-hydroxylation sites is 1. The maximum Gasteiger partial charge on any atom is 0.416 e. The molecule has 0 aliphatic carbocycles. The van der Waals surface area contributed by atoms with Crippen molar-refractivity contribution in [1.82, 2.24) is 14.8 Å². The first-order valence-corrected chi connectivity index (χ1v) is 12.8. The molecule has 2 heterocycles. The Kier molecular flexibility index (Phi) is 7.77. The number of carbonyl (C=O) groups is 1. The fourth-order valence-corrected chi connectivity index (χ4v) is 4.66. The largest absolute Gasteiger partial charge is 0.416 e. The van der Waals surface area contributed by atoms with Crippen LogP contribution in [0.25, 0.3) is 23.1 Å². The number of hydrogen-bond donors (Lipinski definition) is 1. The molecule has 3 aromatic carbocycles. The second kappa shape index (κ2) is 11.4. The standard InChI is InChI=1S/C31H29F3N4O/c1-37-13-15-38(16-14-37)21-26-11-12-27(19-28(26)31(32,33)34)36-30(39)25-7-4-5-22(17-25)9-10-23-18-24-6-2-3-8-29(24)35-20-23/h2-12,17-20H,13-16,21H2,1H3,(H,36,39)/b10-9+. The maximum absolute atomic E-state index is 13.9. The molecule has 0 unspecified atom stereocenters. The molecule has 4 aromatic rings. The lowest BCUT2D eigenvalue weighted by Gasteiger charge is -2.33. The van der Waals surface area contributed by atoms with Crippen molar-refractivity contribution in [3.05, 3.63) is 107 Å². The van der Waals surface area contributed by atoms with Gasteiger partial charge in [0.1, 0.15) is 0 Å². The van der Waals surface area contributed by atoms with Gasteiger partial charge < -0.3 is 10.2 Å². The number of piperazine rings is 1. The fraction of sp³-hybridized carbons (Fsp3) is 0.226. The molecule has 0 spiro atoms. The van der Waals surface area contributed by atoms with E-state index in [1.807, 2.05) is 60.5 Å². The number of hydrogen-bond acceptors (Lipinski definition) is 4. The van der Waals surface area contributed by atoms with E-state index in [2.05, 4.69) is 15.2 Å². The zero-order chi connectivity index (χ0) is 27.4. The summed E-state index contributed by atoms with van der Waals surface area (Å²) < 4.78 is 41.8. The molecular weight excluding hydrogens is 501 g/mol. The van der Waals surface area contributed by atoms with Gasteiger partial charge in [-0.15, -0.1) is 0 Å². The number of fused-ring (bicyclic) bond motifs is 1. The quantitative estimate of drug-likeness (QED) is 0.312. The van der Waals surface area contributed by atoms with Crippen LogP contribution in [0.5, 0.6) is 0 Å². The average Bonchev–Trinajstić information content (AvgIpc) is 2.93. The van der Waals surface area contributed by atoms with Gasteiger partial charge in [0.2, 0.25) is 0 Å². The van der Waals surface area contributed by atoms with E-state index in [1.54, 1.807) is 24.4 Å². The fourth-order valence-electron chi connectivity index (χ4n) is 4.66. The summed E-state index contributed by atoms with van der Waals surface area (Å²) in [5, 5.41) is 3.66. The van der Waals surface area contributed by atoms with Crippen LogP contribution in [0.1, 0.15) is 32.6 Å². The van der Waals surface area contributed by atoms with E-state index in [0.29, 0.717) is 18.7 Å². The number of halogens is 3. The molecule has 0 radical (unpaired) electrons. The van der Waals surface area contributed by atoms with Gasteiger partial charge in [-0.25, -0.2) is 0 Å². The molecule has 5 rings (SSSR count). The Morgan fingerprint density at radius 1 is 0.923 bits per heavy atom. The van der Waals surface area contributed by atoms with Gasteiger partial charge in [-0.3, -0.25) is 14.7 Å². The molecule has 1 fully saturated rings. The van der Waals surface area contributed by atoms with Crippen LogP contribution in [-0.4, -0.2) is 53.9 Å². The van der Waals surface area contributed by atoms with E-state index in [4.69, 9.17) is 0 Å². The van der Waals surface area contributed by atoms with Gasteiger partial charge in [-0.1, -0.05) is 48.6 Å². The number of amides is 1. The Morgan fingerprint density at radius 2 is 1.69 bits per heavy atom. The average molecular weight is 531 g/mol. The van der Waals surface area contributed by atoms with E-state index in [1.165, 1.54) is 12.1 Å². The molecule has 1 amide bonds. The third kappa shape index (κ3) is 6.71. The Bertz CT molecular complexity index is 1510. The second-order valence-corrected chi connectivity index (χ2v) is 9.82. The van der Waals surface area contributed by atoms with Gasteiger partial charge in [0.15, 0.2) is 0 Å². The van der Waals surface area contributed by atoms with Gasteiger partial charge in [-0.2, -0.15) is 13.2 Å². The lowest BCUT2D eigenvalue weighted by atomic mass is 10.0. The normalized spacial score (nSPS) is 15.2. The number of likely N-dealkylation sites (N-methyl/N-ethyl adjacent to an activating group) is 1. The SMILES string of the molecule is CN1CCN(Cc2ccc(NC(=O)c3cccc(/C=C/c4cnc5ccccc5c4)c3)cc2C(F)(F)F)CC1. The van der Waals surface area contributed by atoms with Crippen LogP contribution in [0.2, 0.25) is 0 Å². The molecule has 39 heavy (non-hydrogen) atoms. The smallest absolute Gasteiger partial charge is 0.322 e. The number of rotatable bonds is 6. The number of alkyl halides is 3. The Hall–Kier alpha value is -4.01. The summed E-state index contributed by atoms with van der Waals surface area (Å²) in [4.78, 5) is 21.6. The van der Waals surface area contributed by atoms with E-state index >= 15 is 0 Å². The minimum Gasteiger partial charge on any atom is -0.322 e. The number of nitrogens with zero attached hydrogens (tertiary/aromatic N) is 3. The van der Waals surface area contributed by atoms with Crippen molar-refractivity contribution < 1.29 is 18.0 Å². The van der Waals surface area contributed by atoms with Crippen LogP contribution in [-0.2, 0) is 12.7 Å². The number of carbonyl (C=O) groups excluding carboxylic acids is 1. The molecule has 1 N–H and O–H groups in total. The Morgan fingerprint density at radius 3 is 2.49 bits per heavy atom. The van der Waals surface area contributed by atoms with Crippen LogP contribution in [0, 0.1) is 0 Å². The minimum absolute atomic E-state index is 0.109. The van der Waals surface area contributed by atoms with Crippen molar-refractivity contribution in [2.45, 2.75) is 12.7 Å². The van der Waals surface area contributed by atoms with Gasteiger partial charge in [0.05, 0.1) is 11.1 Å². The van der Waals surface area contributed by atoms with Crippen molar-refractivity contribution in [1.29, 1.82) is 0 Å². The summed E-state index contributed by atoms with van der Waals surface area (Å²) >= 11 is 0. The number of benzene rings is 3. The number of nitrogens with one attached hydrogen (secondary N) is 1. The molecule has 0 atom stereocenters. The topological polar surface area (TPSA) is 48.5 Å². The minimum atomic E-state index is -4.52. The zero-order valence-corrected chi connectivity index (χ0v) is 21.6. The highest BCUT2D eigenvalue weighted by molar-refractivity contribution is 6.04. The molecule has 0 bridgehead atoms. The molecule has 1 aromatic heterocycles. The molecule has 1 saturated heterocycles. The third-order valence-corrected chi connectivity index (χ3v) is 6.89. The molecule has 1 aliphatic heterocycles. The summed E-state index contributed by atoms with van der Waals surface area (Å²) in [7, 11) is 2.00. The van der Waals surface area contributed by atoms with Crippen LogP contribution in [0.15, 0.2) is 79.0 Å². The molecule has 200 valence electrons. The van der Waals surface area contributed by atoms with Crippen molar-refractivity contribution in [3.63, 3.8) is 0 Å². The molecule has 0 saturated carbocycles. The monoisotopic (exact) mass is 530 g/mol.